The van der Waals surface area contributed by atoms with Crippen LogP contribution in [0, 0.1) is 0 Å². The molecule has 2 aromatic rings. The quantitative estimate of drug-likeness (QED) is 0.781. The van der Waals surface area contributed by atoms with Crippen molar-refractivity contribution in [1.82, 2.24) is 15.1 Å². The fourth-order valence-corrected chi connectivity index (χ4v) is 4.44. The Bertz CT molecular complexity index is 674. The lowest BCUT2D eigenvalue weighted by atomic mass is 10.2. The Labute approximate surface area is 143 Å². The van der Waals surface area contributed by atoms with E-state index in [9.17, 15) is 4.79 Å². The second kappa shape index (κ2) is 7.61. The third kappa shape index (κ3) is 4.11. The molecule has 0 saturated carbocycles. The molecule has 0 spiro atoms. The molecule has 0 bridgehead atoms. The smallest absolute Gasteiger partial charge is 0.236 e. The van der Waals surface area contributed by atoms with Crippen molar-refractivity contribution >= 4 is 34.1 Å². The Hall–Kier alpha value is -1.86. The normalized spacial score (nSPS) is 17.5. The van der Waals surface area contributed by atoms with Crippen molar-refractivity contribution in [2.75, 3.05) is 18.4 Å². The van der Waals surface area contributed by atoms with Crippen molar-refractivity contribution in [2.45, 2.75) is 22.6 Å². The monoisotopic (exact) mass is 346 g/mol. The van der Waals surface area contributed by atoms with Crippen LogP contribution in [0.1, 0.15) is 12.0 Å². The molecule has 1 amide bonds. The fraction of sp³-hybridized carbons (Fsp3) is 0.312. The van der Waals surface area contributed by atoms with Gasteiger partial charge >= 0.3 is 0 Å². The van der Waals surface area contributed by atoms with Crippen LogP contribution in [-0.2, 0) is 11.3 Å². The topological polar surface area (TPSA) is 58.1 Å². The molecule has 1 saturated heterocycles. The van der Waals surface area contributed by atoms with Gasteiger partial charge in [0.05, 0.1) is 5.25 Å². The van der Waals surface area contributed by atoms with Crippen LogP contribution in [-0.4, -0.2) is 39.3 Å². The molecule has 0 aliphatic carbocycles. The van der Waals surface area contributed by atoms with Crippen LogP contribution in [0.4, 0.5) is 5.13 Å². The van der Waals surface area contributed by atoms with Gasteiger partial charge in [-0.25, -0.2) is 0 Å². The van der Waals surface area contributed by atoms with E-state index in [2.05, 4.69) is 34.2 Å². The van der Waals surface area contributed by atoms with Crippen molar-refractivity contribution in [3.63, 3.8) is 0 Å². The number of aromatic nitrogens is 2. The van der Waals surface area contributed by atoms with E-state index in [1.165, 1.54) is 28.7 Å². The number of nitrogens with zero attached hydrogens (tertiary/aromatic N) is 3. The first kappa shape index (κ1) is 16.0. The summed E-state index contributed by atoms with van der Waals surface area (Å²) in [6.45, 7) is 5.82. The first-order chi connectivity index (χ1) is 11.3. The summed E-state index contributed by atoms with van der Waals surface area (Å²) in [6, 6.07) is 10.2. The van der Waals surface area contributed by atoms with Gasteiger partial charge in [0.1, 0.15) is 0 Å². The van der Waals surface area contributed by atoms with E-state index in [4.69, 9.17) is 0 Å². The number of amides is 1. The lowest BCUT2D eigenvalue weighted by molar-refractivity contribution is -0.126. The first-order valence-electron chi connectivity index (χ1n) is 7.44. The Kier molecular flexibility index (Phi) is 5.30. The second-order valence-electron chi connectivity index (χ2n) is 5.18. The lowest BCUT2D eigenvalue weighted by Crippen LogP contribution is -2.28. The molecule has 7 heteroatoms. The number of hydrogen-bond acceptors (Lipinski definition) is 6. The molecular weight excluding hydrogens is 328 g/mol. The summed E-state index contributed by atoms with van der Waals surface area (Å²) in [5.41, 5.74) is 1.20. The minimum atomic E-state index is -0.0510. The number of nitrogens with one attached hydrogen (secondary N) is 1. The van der Waals surface area contributed by atoms with Crippen molar-refractivity contribution in [3.05, 3.63) is 48.6 Å². The van der Waals surface area contributed by atoms with Crippen LogP contribution in [0.25, 0.3) is 0 Å². The van der Waals surface area contributed by atoms with E-state index in [0.717, 1.165) is 29.0 Å². The maximum Gasteiger partial charge on any atom is 0.236 e. The summed E-state index contributed by atoms with van der Waals surface area (Å²) >= 11 is 3.01. The molecule has 23 heavy (non-hydrogen) atoms. The molecule has 0 radical (unpaired) electrons. The van der Waals surface area contributed by atoms with Gasteiger partial charge in [-0.3, -0.25) is 4.79 Å². The Morgan fingerprint density at radius 3 is 3.00 bits per heavy atom. The van der Waals surface area contributed by atoms with E-state index >= 15 is 0 Å². The number of rotatable bonds is 7. The molecule has 5 nitrogen and oxygen atoms in total. The van der Waals surface area contributed by atoms with Crippen molar-refractivity contribution in [2.24, 2.45) is 0 Å². The van der Waals surface area contributed by atoms with Crippen LogP contribution in [0.5, 0.6) is 0 Å². The molecule has 0 unspecified atom stereocenters. The summed E-state index contributed by atoms with van der Waals surface area (Å²) in [6.07, 6.45) is 2.62. The number of thioether (sulfide) groups is 1. The highest BCUT2D eigenvalue weighted by molar-refractivity contribution is 8.02. The number of carbonyl (C=O) groups excluding carboxylic acids is 1. The van der Waals surface area contributed by atoms with Crippen LogP contribution in [0.3, 0.4) is 0 Å². The number of likely N-dealkylation sites (tertiary alicyclic amines) is 1. The summed E-state index contributed by atoms with van der Waals surface area (Å²) in [4.78, 5) is 14.0. The Morgan fingerprint density at radius 2 is 2.22 bits per heavy atom. The number of hydrogen-bond donors (Lipinski definition) is 1. The summed E-state index contributed by atoms with van der Waals surface area (Å²) in [7, 11) is 0. The SMILES string of the molecule is C=CCN1CC[C@H](Sc2nnc(NCc3ccccc3)s2)C1=O. The number of carbonyl (C=O) groups is 1. The minimum Gasteiger partial charge on any atom is -0.356 e. The first-order valence-corrected chi connectivity index (χ1v) is 9.13. The van der Waals surface area contributed by atoms with Gasteiger partial charge in [0.25, 0.3) is 0 Å². The highest BCUT2D eigenvalue weighted by Crippen LogP contribution is 2.33. The average Bonchev–Trinajstić information content (AvgIpc) is 3.16. The van der Waals surface area contributed by atoms with Crippen LogP contribution in [0.2, 0.25) is 0 Å². The minimum absolute atomic E-state index is 0.0510. The molecule has 3 rings (SSSR count). The number of anilines is 1. The van der Waals surface area contributed by atoms with Gasteiger partial charge < -0.3 is 10.2 Å². The van der Waals surface area contributed by atoms with Crippen LogP contribution < -0.4 is 5.32 Å². The molecule has 1 atom stereocenters. The predicted octanol–water partition coefficient (Wildman–Crippen LogP) is 3.03. The highest BCUT2D eigenvalue weighted by Gasteiger charge is 2.32. The van der Waals surface area contributed by atoms with Crippen LogP contribution in [0.15, 0.2) is 47.3 Å². The Morgan fingerprint density at radius 1 is 1.39 bits per heavy atom. The molecule has 1 N–H and O–H groups in total. The van der Waals surface area contributed by atoms with E-state index in [0.29, 0.717) is 6.54 Å². The van der Waals surface area contributed by atoms with Gasteiger partial charge in [-0.2, -0.15) is 0 Å². The fourth-order valence-electron chi connectivity index (χ4n) is 2.38. The van der Waals surface area contributed by atoms with Gasteiger partial charge in [-0.15, -0.1) is 16.8 Å². The van der Waals surface area contributed by atoms with Gasteiger partial charge in [-0.1, -0.05) is 59.5 Å². The zero-order valence-electron chi connectivity index (χ0n) is 12.6. The van der Waals surface area contributed by atoms with E-state index < -0.39 is 0 Å². The molecule has 1 aliphatic rings. The highest BCUT2D eigenvalue weighted by atomic mass is 32.2. The van der Waals surface area contributed by atoms with Crippen molar-refractivity contribution in [1.29, 1.82) is 0 Å². The summed E-state index contributed by atoms with van der Waals surface area (Å²) in [5.74, 6) is 0.170. The van der Waals surface area contributed by atoms with E-state index in [1.807, 2.05) is 23.1 Å². The maximum absolute atomic E-state index is 12.2. The molecule has 1 aromatic carbocycles. The molecule has 120 valence electrons. The average molecular weight is 346 g/mol. The van der Waals surface area contributed by atoms with E-state index in [1.54, 1.807) is 6.08 Å². The van der Waals surface area contributed by atoms with Gasteiger partial charge in [0.15, 0.2) is 4.34 Å². The third-order valence-corrected chi connectivity index (χ3v) is 5.75. The van der Waals surface area contributed by atoms with Crippen LogP contribution >= 0.6 is 23.1 Å². The molecular formula is C16H18N4OS2. The third-order valence-electron chi connectivity index (χ3n) is 3.53. The van der Waals surface area contributed by atoms with Gasteiger partial charge in [0, 0.05) is 19.6 Å². The standard InChI is InChI=1S/C16H18N4OS2/c1-2-9-20-10-8-13(14(20)21)22-16-19-18-15(23-16)17-11-12-6-4-3-5-7-12/h2-7,13H,1,8-11H2,(H,17,18)/t13-/m0/s1. The molecule has 1 aliphatic heterocycles. The molecule has 2 heterocycles. The van der Waals surface area contributed by atoms with Crippen molar-refractivity contribution < 1.29 is 4.79 Å². The molecule has 1 fully saturated rings. The largest absolute Gasteiger partial charge is 0.356 e. The lowest BCUT2D eigenvalue weighted by Gasteiger charge is -2.12. The summed E-state index contributed by atoms with van der Waals surface area (Å²) < 4.78 is 0.833. The van der Waals surface area contributed by atoms with Gasteiger partial charge in [-0.05, 0) is 12.0 Å². The number of benzene rings is 1. The van der Waals surface area contributed by atoms with Gasteiger partial charge in [0.2, 0.25) is 11.0 Å². The molecule has 1 aromatic heterocycles. The summed E-state index contributed by atoms with van der Waals surface area (Å²) in [5, 5.41) is 12.3. The van der Waals surface area contributed by atoms with Crippen molar-refractivity contribution in [3.8, 4) is 0 Å². The maximum atomic E-state index is 12.2. The zero-order valence-corrected chi connectivity index (χ0v) is 14.3. The Balaban J connectivity index is 1.53. The predicted molar refractivity (Wildman–Crippen MR) is 94.7 cm³/mol. The second-order valence-corrected chi connectivity index (χ2v) is 7.61. The zero-order chi connectivity index (χ0) is 16.1. The van der Waals surface area contributed by atoms with E-state index in [-0.39, 0.29) is 11.2 Å².